The predicted octanol–water partition coefficient (Wildman–Crippen LogP) is 2.46. The van der Waals surface area contributed by atoms with Gasteiger partial charge in [0.25, 0.3) is 0 Å². The zero-order valence-electron chi connectivity index (χ0n) is 11.2. The first-order chi connectivity index (χ1) is 9.41. The first kappa shape index (κ1) is 14.8. The third kappa shape index (κ3) is 3.30. The van der Waals surface area contributed by atoms with E-state index >= 15 is 0 Å². The Balaban J connectivity index is 2.22. The topological polar surface area (TPSA) is 32.3 Å². The molecule has 1 aromatic rings. The number of amides is 1. The van der Waals surface area contributed by atoms with Crippen LogP contribution in [-0.2, 0) is 17.6 Å². The van der Waals surface area contributed by atoms with Gasteiger partial charge in [0, 0.05) is 13.0 Å². The Kier molecular flexibility index (Phi) is 4.32. The Bertz CT molecular complexity index is 488. The number of hydrazine groups is 1. The Morgan fingerprint density at radius 3 is 2.45 bits per heavy atom. The van der Waals surface area contributed by atoms with Crippen LogP contribution in [0.15, 0.2) is 24.3 Å². The van der Waals surface area contributed by atoms with Crippen LogP contribution in [0.3, 0.4) is 0 Å². The summed E-state index contributed by atoms with van der Waals surface area (Å²) in [6.07, 6.45) is -3.72. The number of hydrogen-bond donors (Lipinski definition) is 1. The van der Waals surface area contributed by atoms with E-state index in [0.717, 1.165) is 10.6 Å². The van der Waals surface area contributed by atoms with E-state index in [9.17, 15) is 18.0 Å². The van der Waals surface area contributed by atoms with Crippen LogP contribution in [0.5, 0.6) is 0 Å². The van der Waals surface area contributed by atoms with Gasteiger partial charge in [0.2, 0.25) is 5.91 Å². The molecule has 1 fully saturated rings. The van der Waals surface area contributed by atoms with Crippen molar-refractivity contribution in [2.24, 2.45) is 0 Å². The van der Waals surface area contributed by atoms with Crippen LogP contribution in [0.25, 0.3) is 0 Å². The molecule has 1 aromatic carbocycles. The zero-order valence-corrected chi connectivity index (χ0v) is 11.2. The number of nitrogens with one attached hydrogen (secondary N) is 1. The standard InChI is InChI=1S/C14H17F3N2O/c1-2-10-5-3-4-6-11(10)9-12(14(15,16)17)19-8-7-13(20)18-19/h3-6,12H,2,7-9H2,1H3,(H,18,20). The highest BCUT2D eigenvalue weighted by Crippen LogP contribution is 2.29. The average molecular weight is 286 g/mol. The number of alkyl halides is 3. The fourth-order valence-corrected chi connectivity index (χ4v) is 2.44. The molecule has 2 rings (SSSR count). The molecule has 1 aliphatic rings. The van der Waals surface area contributed by atoms with Gasteiger partial charge in [-0.25, -0.2) is 5.01 Å². The van der Waals surface area contributed by atoms with Gasteiger partial charge in [0.1, 0.15) is 6.04 Å². The number of aryl methyl sites for hydroxylation is 1. The fourth-order valence-electron chi connectivity index (χ4n) is 2.44. The molecule has 3 nitrogen and oxygen atoms in total. The maximum absolute atomic E-state index is 13.2. The monoisotopic (exact) mass is 286 g/mol. The molecule has 1 unspecified atom stereocenters. The maximum Gasteiger partial charge on any atom is 0.406 e. The van der Waals surface area contributed by atoms with E-state index in [-0.39, 0.29) is 25.3 Å². The van der Waals surface area contributed by atoms with Crippen molar-refractivity contribution >= 4 is 5.91 Å². The minimum Gasteiger partial charge on any atom is -0.288 e. The van der Waals surface area contributed by atoms with Crippen LogP contribution < -0.4 is 5.43 Å². The number of rotatable bonds is 4. The van der Waals surface area contributed by atoms with Crippen molar-refractivity contribution in [2.45, 2.75) is 38.4 Å². The molecular formula is C14H17F3N2O. The van der Waals surface area contributed by atoms with Gasteiger partial charge < -0.3 is 0 Å². The Labute approximate surface area is 115 Å². The van der Waals surface area contributed by atoms with E-state index in [1.807, 2.05) is 19.1 Å². The summed E-state index contributed by atoms with van der Waals surface area (Å²) in [5.41, 5.74) is 3.88. The summed E-state index contributed by atoms with van der Waals surface area (Å²) in [5.74, 6) is -0.358. The molecule has 1 aliphatic heterocycles. The van der Waals surface area contributed by atoms with Gasteiger partial charge in [-0.2, -0.15) is 13.2 Å². The van der Waals surface area contributed by atoms with Crippen LogP contribution in [0.4, 0.5) is 13.2 Å². The van der Waals surface area contributed by atoms with Crippen LogP contribution >= 0.6 is 0 Å². The van der Waals surface area contributed by atoms with E-state index in [1.54, 1.807) is 12.1 Å². The van der Waals surface area contributed by atoms with Crippen molar-refractivity contribution in [2.75, 3.05) is 6.54 Å². The quantitative estimate of drug-likeness (QED) is 0.922. The summed E-state index contributed by atoms with van der Waals surface area (Å²) >= 11 is 0. The lowest BCUT2D eigenvalue weighted by molar-refractivity contribution is -0.187. The number of carbonyl (C=O) groups is 1. The van der Waals surface area contributed by atoms with E-state index in [4.69, 9.17) is 0 Å². The van der Waals surface area contributed by atoms with Gasteiger partial charge in [-0.05, 0) is 24.0 Å². The molecule has 1 atom stereocenters. The SMILES string of the molecule is CCc1ccccc1CC(N1CCC(=O)N1)C(F)(F)F. The largest absolute Gasteiger partial charge is 0.406 e. The molecule has 6 heteroatoms. The number of hydrogen-bond acceptors (Lipinski definition) is 2. The number of halogens is 3. The number of nitrogens with zero attached hydrogens (tertiary/aromatic N) is 1. The fraction of sp³-hybridized carbons (Fsp3) is 0.500. The second-order valence-corrected chi connectivity index (χ2v) is 4.86. The molecule has 110 valence electrons. The normalized spacial score (nSPS) is 18.1. The lowest BCUT2D eigenvalue weighted by atomic mass is 9.98. The second kappa shape index (κ2) is 5.83. The zero-order chi connectivity index (χ0) is 14.8. The molecule has 0 bridgehead atoms. The van der Waals surface area contributed by atoms with Gasteiger partial charge in [0.05, 0.1) is 0 Å². The van der Waals surface area contributed by atoms with E-state index in [0.29, 0.717) is 12.0 Å². The van der Waals surface area contributed by atoms with E-state index < -0.39 is 12.2 Å². The summed E-state index contributed by atoms with van der Waals surface area (Å²) in [6, 6.07) is 5.44. The molecule has 1 N–H and O–H groups in total. The molecule has 20 heavy (non-hydrogen) atoms. The summed E-state index contributed by atoms with van der Waals surface area (Å²) in [6.45, 7) is 2.01. The Morgan fingerprint density at radius 2 is 1.95 bits per heavy atom. The molecule has 0 radical (unpaired) electrons. The summed E-state index contributed by atoms with van der Waals surface area (Å²) in [4.78, 5) is 11.1. The number of benzene rings is 1. The van der Waals surface area contributed by atoms with Gasteiger partial charge >= 0.3 is 6.18 Å². The third-order valence-corrected chi connectivity index (χ3v) is 3.51. The Hall–Kier alpha value is -1.56. The maximum atomic E-state index is 13.2. The van der Waals surface area contributed by atoms with E-state index in [2.05, 4.69) is 5.43 Å². The summed E-state index contributed by atoms with van der Waals surface area (Å²) in [7, 11) is 0. The van der Waals surface area contributed by atoms with Crippen LogP contribution in [0, 0.1) is 0 Å². The molecule has 0 saturated carbocycles. The lowest BCUT2D eigenvalue weighted by Gasteiger charge is -2.29. The molecule has 0 aromatic heterocycles. The smallest absolute Gasteiger partial charge is 0.288 e. The summed E-state index contributed by atoms with van der Waals surface area (Å²) in [5, 5.41) is 1.01. The van der Waals surface area contributed by atoms with Crippen molar-refractivity contribution in [3.63, 3.8) is 0 Å². The molecule has 0 spiro atoms. The van der Waals surface area contributed by atoms with Crippen LogP contribution in [0.2, 0.25) is 0 Å². The average Bonchev–Trinajstić information content (AvgIpc) is 2.81. The van der Waals surface area contributed by atoms with Crippen molar-refractivity contribution in [1.82, 2.24) is 10.4 Å². The Morgan fingerprint density at radius 1 is 1.30 bits per heavy atom. The third-order valence-electron chi connectivity index (χ3n) is 3.51. The van der Waals surface area contributed by atoms with Gasteiger partial charge in [-0.15, -0.1) is 0 Å². The first-order valence-corrected chi connectivity index (χ1v) is 6.61. The van der Waals surface area contributed by atoms with E-state index in [1.165, 1.54) is 0 Å². The predicted molar refractivity (Wildman–Crippen MR) is 68.8 cm³/mol. The molecule has 0 aliphatic carbocycles. The van der Waals surface area contributed by atoms with Gasteiger partial charge in [-0.3, -0.25) is 10.2 Å². The molecule has 1 saturated heterocycles. The lowest BCUT2D eigenvalue weighted by Crippen LogP contribution is -2.51. The highest BCUT2D eigenvalue weighted by Gasteiger charge is 2.45. The van der Waals surface area contributed by atoms with Gasteiger partial charge in [-0.1, -0.05) is 31.2 Å². The minimum absolute atomic E-state index is 0.0945. The van der Waals surface area contributed by atoms with Crippen molar-refractivity contribution < 1.29 is 18.0 Å². The van der Waals surface area contributed by atoms with Crippen molar-refractivity contribution in [3.8, 4) is 0 Å². The van der Waals surface area contributed by atoms with Crippen LogP contribution in [0.1, 0.15) is 24.5 Å². The highest BCUT2D eigenvalue weighted by atomic mass is 19.4. The number of carbonyl (C=O) groups excluding carboxylic acids is 1. The first-order valence-electron chi connectivity index (χ1n) is 6.61. The highest BCUT2D eigenvalue weighted by molar-refractivity contribution is 5.77. The molecule has 1 amide bonds. The molecule has 1 heterocycles. The summed E-state index contributed by atoms with van der Waals surface area (Å²) < 4.78 is 39.7. The molecular weight excluding hydrogens is 269 g/mol. The van der Waals surface area contributed by atoms with Crippen molar-refractivity contribution in [3.05, 3.63) is 35.4 Å². The van der Waals surface area contributed by atoms with Gasteiger partial charge in [0.15, 0.2) is 0 Å². The minimum atomic E-state index is -4.38. The second-order valence-electron chi connectivity index (χ2n) is 4.86. The van der Waals surface area contributed by atoms with Crippen molar-refractivity contribution in [1.29, 1.82) is 0 Å². The van der Waals surface area contributed by atoms with Crippen LogP contribution in [-0.4, -0.2) is 29.7 Å².